The van der Waals surface area contributed by atoms with Crippen molar-refractivity contribution in [2.75, 3.05) is 46.2 Å². The highest BCUT2D eigenvalue weighted by molar-refractivity contribution is 5.95. The zero-order chi connectivity index (χ0) is 16.3. The van der Waals surface area contributed by atoms with E-state index < -0.39 is 0 Å². The largest absolute Gasteiger partial charge is 0.394 e. The molecule has 0 aromatic carbocycles. The standard InChI is InChI=1S/C15H25N3O5/c19-6-8-22-10-12-23-11-9-21-7-5-18-13-3-1-2-4-14(20)15(13)16-17-18/h19H,1-12H2. The molecule has 2 rings (SSSR count). The maximum absolute atomic E-state index is 11.9. The summed E-state index contributed by atoms with van der Waals surface area (Å²) < 4.78 is 17.7. The molecule has 0 amide bonds. The number of aliphatic hydroxyl groups is 1. The molecule has 0 radical (unpaired) electrons. The maximum Gasteiger partial charge on any atom is 0.185 e. The molecular formula is C15H25N3O5. The van der Waals surface area contributed by atoms with Crippen molar-refractivity contribution in [1.29, 1.82) is 0 Å². The highest BCUT2D eigenvalue weighted by Gasteiger charge is 2.21. The van der Waals surface area contributed by atoms with Crippen LogP contribution in [0.3, 0.4) is 0 Å². The number of carbonyl (C=O) groups is 1. The molecule has 1 aromatic heterocycles. The predicted octanol–water partition coefficient (Wildman–Crippen LogP) is 0.229. The van der Waals surface area contributed by atoms with Crippen molar-refractivity contribution < 1.29 is 24.1 Å². The number of ketones is 1. The van der Waals surface area contributed by atoms with Gasteiger partial charge in [0, 0.05) is 6.42 Å². The summed E-state index contributed by atoms with van der Waals surface area (Å²) in [5.74, 6) is 0.0986. The number of fused-ring (bicyclic) bond motifs is 1. The molecule has 0 atom stereocenters. The van der Waals surface area contributed by atoms with Gasteiger partial charge in [0.1, 0.15) is 0 Å². The van der Waals surface area contributed by atoms with Gasteiger partial charge in [0.25, 0.3) is 0 Å². The predicted molar refractivity (Wildman–Crippen MR) is 81.5 cm³/mol. The van der Waals surface area contributed by atoms with Gasteiger partial charge in [0.2, 0.25) is 0 Å². The Bertz CT molecular complexity index is 478. The van der Waals surface area contributed by atoms with E-state index in [4.69, 9.17) is 19.3 Å². The first kappa shape index (κ1) is 18.0. The molecule has 0 aliphatic heterocycles. The first-order chi connectivity index (χ1) is 11.3. The van der Waals surface area contributed by atoms with Crippen LogP contribution in [0.15, 0.2) is 0 Å². The minimum Gasteiger partial charge on any atom is -0.394 e. The van der Waals surface area contributed by atoms with Gasteiger partial charge >= 0.3 is 0 Å². The summed E-state index contributed by atoms with van der Waals surface area (Å²) in [6.45, 7) is 3.42. The van der Waals surface area contributed by atoms with Gasteiger partial charge in [0.15, 0.2) is 11.5 Å². The Labute approximate surface area is 135 Å². The normalized spacial score (nSPS) is 14.7. The molecule has 1 N–H and O–H groups in total. The van der Waals surface area contributed by atoms with Gasteiger partial charge in [-0.25, -0.2) is 4.68 Å². The van der Waals surface area contributed by atoms with Gasteiger partial charge in [-0.3, -0.25) is 4.79 Å². The third-order valence-electron chi connectivity index (χ3n) is 3.60. The van der Waals surface area contributed by atoms with E-state index in [9.17, 15) is 4.79 Å². The molecule has 0 spiro atoms. The third kappa shape index (κ3) is 5.98. The van der Waals surface area contributed by atoms with Crippen LogP contribution in [0.1, 0.15) is 35.4 Å². The molecule has 0 saturated carbocycles. The molecule has 1 aromatic rings. The van der Waals surface area contributed by atoms with E-state index >= 15 is 0 Å². The van der Waals surface area contributed by atoms with E-state index in [2.05, 4.69) is 10.3 Å². The van der Waals surface area contributed by atoms with Gasteiger partial charge in [-0.15, -0.1) is 5.10 Å². The Morgan fingerprint density at radius 1 is 0.957 bits per heavy atom. The summed E-state index contributed by atoms with van der Waals surface area (Å²) in [6, 6.07) is 0. The Hall–Kier alpha value is -1.35. The highest BCUT2D eigenvalue weighted by Crippen LogP contribution is 2.18. The highest BCUT2D eigenvalue weighted by atomic mass is 16.5. The van der Waals surface area contributed by atoms with Gasteiger partial charge in [-0.1, -0.05) is 5.21 Å². The van der Waals surface area contributed by atoms with Crippen molar-refractivity contribution in [1.82, 2.24) is 15.0 Å². The van der Waals surface area contributed by atoms with Crippen LogP contribution in [0, 0.1) is 0 Å². The first-order valence-corrected chi connectivity index (χ1v) is 8.12. The Morgan fingerprint density at radius 3 is 2.35 bits per heavy atom. The zero-order valence-corrected chi connectivity index (χ0v) is 13.4. The lowest BCUT2D eigenvalue weighted by Crippen LogP contribution is -2.14. The van der Waals surface area contributed by atoms with Crippen LogP contribution in [-0.2, 0) is 27.2 Å². The van der Waals surface area contributed by atoms with Crippen LogP contribution in [0.2, 0.25) is 0 Å². The number of ether oxygens (including phenoxy) is 3. The molecule has 1 aliphatic carbocycles. The summed E-state index contributed by atoms with van der Waals surface area (Å²) in [7, 11) is 0. The molecule has 0 fully saturated rings. The van der Waals surface area contributed by atoms with E-state index in [-0.39, 0.29) is 12.4 Å². The zero-order valence-electron chi connectivity index (χ0n) is 13.4. The van der Waals surface area contributed by atoms with Crippen molar-refractivity contribution in [3.63, 3.8) is 0 Å². The van der Waals surface area contributed by atoms with Crippen molar-refractivity contribution in [3.8, 4) is 0 Å². The second-order valence-corrected chi connectivity index (χ2v) is 5.30. The van der Waals surface area contributed by atoms with Crippen molar-refractivity contribution in [2.45, 2.75) is 32.2 Å². The number of nitrogens with zero attached hydrogens (tertiary/aromatic N) is 3. The number of hydrogen-bond acceptors (Lipinski definition) is 7. The molecule has 8 heteroatoms. The third-order valence-corrected chi connectivity index (χ3v) is 3.60. The fourth-order valence-corrected chi connectivity index (χ4v) is 2.43. The monoisotopic (exact) mass is 327 g/mol. The quantitative estimate of drug-likeness (QED) is 0.459. The average Bonchev–Trinajstić information content (AvgIpc) is 2.87. The van der Waals surface area contributed by atoms with Gasteiger partial charge < -0.3 is 19.3 Å². The lowest BCUT2D eigenvalue weighted by molar-refractivity contribution is 0.00620. The molecule has 130 valence electrons. The van der Waals surface area contributed by atoms with Crippen molar-refractivity contribution in [3.05, 3.63) is 11.4 Å². The van der Waals surface area contributed by atoms with E-state index in [1.165, 1.54) is 0 Å². The number of carbonyl (C=O) groups excluding carboxylic acids is 1. The lowest BCUT2D eigenvalue weighted by Gasteiger charge is -2.08. The van der Waals surface area contributed by atoms with Crippen LogP contribution in [0.4, 0.5) is 0 Å². The smallest absolute Gasteiger partial charge is 0.185 e. The first-order valence-electron chi connectivity index (χ1n) is 8.12. The number of hydrogen-bond donors (Lipinski definition) is 1. The van der Waals surface area contributed by atoms with Crippen LogP contribution < -0.4 is 0 Å². The lowest BCUT2D eigenvalue weighted by atomic mass is 10.2. The van der Waals surface area contributed by atoms with Crippen LogP contribution >= 0.6 is 0 Å². The van der Waals surface area contributed by atoms with Gasteiger partial charge in [-0.2, -0.15) is 0 Å². The summed E-state index contributed by atoms with van der Waals surface area (Å²) in [5.41, 5.74) is 1.47. The van der Waals surface area contributed by atoms with Crippen LogP contribution in [-0.4, -0.2) is 72.1 Å². The Balaban J connectivity index is 1.58. The summed E-state index contributed by atoms with van der Waals surface area (Å²) in [4.78, 5) is 11.9. The van der Waals surface area contributed by atoms with Gasteiger partial charge in [0.05, 0.1) is 58.5 Å². The summed E-state index contributed by atoms with van der Waals surface area (Å²) in [5, 5.41) is 16.6. The summed E-state index contributed by atoms with van der Waals surface area (Å²) in [6.07, 6.45) is 3.34. The number of rotatable bonds is 11. The molecule has 8 nitrogen and oxygen atoms in total. The van der Waals surface area contributed by atoms with E-state index in [0.717, 1.165) is 25.0 Å². The summed E-state index contributed by atoms with van der Waals surface area (Å²) >= 11 is 0. The molecule has 0 saturated heterocycles. The maximum atomic E-state index is 11.9. The second-order valence-electron chi connectivity index (χ2n) is 5.30. The molecule has 0 bridgehead atoms. The van der Waals surface area contributed by atoms with Crippen molar-refractivity contribution in [2.24, 2.45) is 0 Å². The number of Topliss-reactive ketones (excluding diaryl/α,β-unsaturated/α-hetero) is 1. The topological polar surface area (TPSA) is 95.7 Å². The van der Waals surface area contributed by atoms with Gasteiger partial charge in [-0.05, 0) is 19.3 Å². The van der Waals surface area contributed by atoms with E-state index in [1.54, 1.807) is 4.68 Å². The van der Waals surface area contributed by atoms with Crippen LogP contribution in [0.25, 0.3) is 0 Å². The molecule has 1 aliphatic rings. The number of aromatic nitrogens is 3. The molecule has 1 heterocycles. The van der Waals surface area contributed by atoms with E-state index in [0.29, 0.717) is 58.3 Å². The van der Waals surface area contributed by atoms with E-state index in [1.807, 2.05) is 0 Å². The molecule has 0 unspecified atom stereocenters. The second kappa shape index (κ2) is 10.4. The average molecular weight is 327 g/mol. The fraction of sp³-hybridized carbons (Fsp3) is 0.800. The number of aliphatic hydroxyl groups excluding tert-OH is 1. The fourth-order valence-electron chi connectivity index (χ4n) is 2.43. The Morgan fingerprint density at radius 2 is 1.61 bits per heavy atom. The van der Waals surface area contributed by atoms with Crippen LogP contribution in [0.5, 0.6) is 0 Å². The SMILES string of the molecule is O=C1CCCCc2c1nnn2CCOCCOCCOCCO. The minimum absolute atomic E-state index is 0.0285. The Kier molecular flexibility index (Phi) is 8.16. The van der Waals surface area contributed by atoms with Crippen molar-refractivity contribution >= 4 is 5.78 Å². The minimum atomic E-state index is 0.0285. The molecule has 23 heavy (non-hydrogen) atoms. The molecular weight excluding hydrogens is 302 g/mol.